The van der Waals surface area contributed by atoms with Crippen LogP contribution in [0.4, 0.5) is 14.5 Å². The molecule has 0 atom stereocenters. The first-order chi connectivity index (χ1) is 7.66. The average Bonchev–Trinajstić information content (AvgIpc) is 2.27. The van der Waals surface area contributed by atoms with E-state index in [2.05, 4.69) is 0 Å². The minimum absolute atomic E-state index is 0.0183. The van der Waals surface area contributed by atoms with E-state index >= 15 is 0 Å². The van der Waals surface area contributed by atoms with Crippen LogP contribution in [0.2, 0.25) is 0 Å². The summed E-state index contributed by atoms with van der Waals surface area (Å²) in [7, 11) is 0. The van der Waals surface area contributed by atoms with Crippen LogP contribution in [-0.4, -0.2) is 0 Å². The Hall–Kier alpha value is -1.55. The Kier molecular flexibility index (Phi) is 3.10. The zero-order chi connectivity index (χ0) is 11.5. The monoisotopic (exact) mass is 237 g/mol. The van der Waals surface area contributed by atoms with Crippen LogP contribution in [0, 0.1) is 11.6 Å². The first kappa shape index (κ1) is 11.0. The fraction of sp³-hybridized carbons (Fsp3) is 0. The van der Waals surface area contributed by atoms with Crippen molar-refractivity contribution in [1.82, 2.24) is 0 Å². The van der Waals surface area contributed by atoms with E-state index in [1.807, 2.05) is 30.3 Å². The minimum Gasteiger partial charge on any atom is -0.395 e. The number of hydrogen-bond donors (Lipinski definition) is 1. The number of hydrogen-bond acceptors (Lipinski definition) is 2. The summed E-state index contributed by atoms with van der Waals surface area (Å²) in [6, 6.07) is 11.3. The normalized spacial score (nSPS) is 10.4. The van der Waals surface area contributed by atoms with Gasteiger partial charge in [0.1, 0.15) is 11.6 Å². The maximum absolute atomic E-state index is 13.2. The molecule has 0 heterocycles. The highest BCUT2D eigenvalue weighted by atomic mass is 32.2. The molecule has 0 saturated carbocycles. The highest BCUT2D eigenvalue weighted by Crippen LogP contribution is 2.33. The Morgan fingerprint density at radius 2 is 1.69 bits per heavy atom. The van der Waals surface area contributed by atoms with Gasteiger partial charge in [-0.1, -0.05) is 30.0 Å². The Bertz CT molecular complexity index is 500. The molecular formula is C12H9F2NS. The van der Waals surface area contributed by atoms with Gasteiger partial charge < -0.3 is 5.73 Å². The molecule has 0 unspecified atom stereocenters. The Morgan fingerprint density at radius 3 is 2.38 bits per heavy atom. The lowest BCUT2D eigenvalue weighted by molar-refractivity contribution is 0.581. The zero-order valence-corrected chi connectivity index (χ0v) is 9.10. The quantitative estimate of drug-likeness (QED) is 0.806. The summed E-state index contributed by atoms with van der Waals surface area (Å²) in [6.45, 7) is 0. The molecule has 0 saturated heterocycles. The highest BCUT2D eigenvalue weighted by molar-refractivity contribution is 7.99. The molecule has 0 bridgehead atoms. The standard InChI is InChI=1S/C12H9F2NS/c13-8-6-10(14)12(15)11(7-8)16-9-4-2-1-3-5-9/h1-7H,15H2. The summed E-state index contributed by atoms with van der Waals surface area (Å²) in [5, 5.41) is 0. The summed E-state index contributed by atoms with van der Waals surface area (Å²) < 4.78 is 26.2. The molecule has 1 nitrogen and oxygen atoms in total. The van der Waals surface area contributed by atoms with Gasteiger partial charge in [0.2, 0.25) is 0 Å². The maximum Gasteiger partial charge on any atom is 0.150 e. The molecule has 4 heteroatoms. The molecule has 0 aliphatic carbocycles. The van der Waals surface area contributed by atoms with E-state index in [0.717, 1.165) is 11.0 Å². The molecule has 2 aromatic rings. The van der Waals surface area contributed by atoms with E-state index in [1.54, 1.807) is 0 Å². The van der Waals surface area contributed by atoms with Crippen LogP contribution in [0.5, 0.6) is 0 Å². The van der Waals surface area contributed by atoms with Gasteiger partial charge in [0.15, 0.2) is 0 Å². The molecule has 2 aromatic carbocycles. The Morgan fingerprint density at radius 1 is 1.00 bits per heavy atom. The summed E-state index contributed by atoms with van der Waals surface area (Å²) in [6.07, 6.45) is 0. The SMILES string of the molecule is Nc1c(F)cc(F)cc1Sc1ccccc1. The zero-order valence-electron chi connectivity index (χ0n) is 8.28. The Labute approximate surface area is 96.3 Å². The van der Waals surface area contributed by atoms with Crippen LogP contribution >= 0.6 is 11.8 Å². The summed E-state index contributed by atoms with van der Waals surface area (Å²) in [5.74, 6) is -1.34. The van der Waals surface area contributed by atoms with E-state index in [9.17, 15) is 8.78 Å². The lowest BCUT2D eigenvalue weighted by atomic mass is 10.3. The van der Waals surface area contributed by atoms with Crippen LogP contribution < -0.4 is 5.73 Å². The van der Waals surface area contributed by atoms with Crippen LogP contribution in [0.1, 0.15) is 0 Å². The first-order valence-corrected chi connectivity index (χ1v) is 5.46. The van der Waals surface area contributed by atoms with Gasteiger partial charge in [0.05, 0.1) is 5.69 Å². The van der Waals surface area contributed by atoms with Gasteiger partial charge in [-0.05, 0) is 18.2 Å². The highest BCUT2D eigenvalue weighted by Gasteiger charge is 2.09. The van der Waals surface area contributed by atoms with Gasteiger partial charge in [-0.3, -0.25) is 0 Å². The predicted molar refractivity (Wildman–Crippen MR) is 61.3 cm³/mol. The second kappa shape index (κ2) is 4.53. The second-order valence-electron chi connectivity index (χ2n) is 3.21. The molecule has 16 heavy (non-hydrogen) atoms. The van der Waals surface area contributed by atoms with E-state index in [4.69, 9.17) is 5.73 Å². The van der Waals surface area contributed by atoms with Crippen molar-refractivity contribution in [2.45, 2.75) is 9.79 Å². The van der Waals surface area contributed by atoms with Crippen molar-refractivity contribution in [3.63, 3.8) is 0 Å². The summed E-state index contributed by atoms with van der Waals surface area (Å²) in [5.41, 5.74) is 5.52. The third-order valence-corrected chi connectivity index (χ3v) is 3.09. The smallest absolute Gasteiger partial charge is 0.150 e. The fourth-order valence-electron chi connectivity index (χ4n) is 1.26. The van der Waals surface area contributed by atoms with Gasteiger partial charge in [-0.25, -0.2) is 8.78 Å². The number of rotatable bonds is 2. The third kappa shape index (κ3) is 2.33. The topological polar surface area (TPSA) is 26.0 Å². The largest absolute Gasteiger partial charge is 0.395 e. The lowest BCUT2D eigenvalue weighted by Gasteiger charge is -2.06. The van der Waals surface area contributed by atoms with Gasteiger partial charge in [0.25, 0.3) is 0 Å². The second-order valence-corrected chi connectivity index (χ2v) is 4.33. The van der Waals surface area contributed by atoms with E-state index < -0.39 is 11.6 Å². The molecule has 0 aliphatic rings. The molecule has 2 N–H and O–H groups in total. The van der Waals surface area contributed by atoms with Crippen molar-refractivity contribution in [2.24, 2.45) is 0 Å². The van der Waals surface area contributed by atoms with Gasteiger partial charge in [-0.15, -0.1) is 0 Å². The fourth-order valence-corrected chi connectivity index (χ4v) is 2.19. The number of nitrogen functional groups attached to an aromatic ring is 1. The molecule has 2 rings (SSSR count). The van der Waals surface area contributed by atoms with Crippen molar-refractivity contribution >= 4 is 17.4 Å². The predicted octanol–water partition coefficient (Wildman–Crippen LogP) is 3.70. The number of anilines is 1. The first-order valence-electron chi connectivity index (χ1n) is 4.64. The summed E-state index contributed by atoms with van der Waals surface area (Å²) >= 11 is 1.24. The van der Waals surface area contributed by atoms with Crippen molar-refractivity contribution < 1.29 is 8.78 Å². The molecular weight excluding hydrogens is 228 g/mol. The minimum atomic E-state index is -0.724. The molecule has 82 valence electrons. The van der Waals surface area contributed by atoms with Gasteiger partial charge in [-0.2, -0.15) is 0 Å². The van der Waals surface area contributed by atoms with Crippen molar-refractivity contribution in [3.8, 4) is 0 Å². The van der Waals surface area contributed by atoms with E-state index in [1.165, 1.54) is 17.8 Å². The average molecular weight is 237 g/mol. The number of halogens is 2. The van der Waals surface area contributed by atoms with Crippen molar-refractivity contribution in [1.29, 1.82) is 0 Å². The number of benzene rings is 2. The summed E-state index contributed by atoms with van der Waals surface area (Å²) in [4.78, 5) is 1.28. The van der Waals surface area contributed by atoms with Crippen molar-refractivity contribution in [2.75, 3.05) is 5.73 Å². The molecule has 0 aromatic heterocycles. The maximum atomic E-state index is 13.2. The van der Waals surface area contributed by atoms with Gasteiger partial charge in [0, 0.05) is 15.9 Å². The molecule has 0 aliphatic heterocycles. The third-order valence-electron chi connectivity index (χ3n) is 2.03. The van der Waals surface area contributed by atoms with E-state index in [-0.39, 0.29) is 5.69 Å². The molecule has 0 fully saturated rings. The van der Waals surface area contributed by atoms with E-state index in [0.29, 0.717) is 4.90 Å². The molecule has 0 spiro atoms. The van der Waals surface area contributed by atoms with Crippen LogP contribution in [-0.2, 0) is 0 Å². The Balaban J connectivity index is 2.35. The number of nitrogens with two attached hydrogens (primary N) is 1. The molecule has 0 amide bonds. The van der Waals surface area contributed by atoms with Crippen LogP contribution in [0.25, 0.3) is 0 Å². The van der Waals surface area contributed by atoms with Gasteiger partial charge >= 0.3 is 0 Å². The van der Waals surface area contributed by atoms with Crippen LogP contribution in [0.3, 0.4) is 0 Å². The molecule has 0 radical (unpaired) electrons. The van der Waals surface area contributed by atoms with Crippen LogP contribution in [0.15, 0.2) is 52.3 Å². The lowest BCUT2D eigenvalue weighted by Crippen LogP contribution is -1.94. The van der Waals surface area contributed by atoms with Crippen molar-refractivity contribution in [3.05, 3.63) is 54.1 Å².